The van der Waals surface area contributed by atoms with Crippen molar-refractivity contribution in [2.24, 2.45) is 0 Å². The summed E-state index contributed by atoms with van der Waals surface area (Å²) in [5, 5.41) is -1.40. The second-order valence-electron chi connectivity index (χ2n) is 6.20. The van der Waals surface area contributed by atoms with E-state index < -0.39 is 24.6 Å². The third-order valence-electron chi connectivity index (χ3n) is 4.34. The molecule has 1 rings (SSSR count). The second kappa shape index (κ2) is 9.51. The smallest absolute Gasteiger partial charge is 0.348 e. The molecule has 0 unspecified atom stereocenters. The average Bonchev–Trinajstić information content (AvgIpc) is 2.56. The van der Waals surface area contributed by atoms with Crippen LogP contribution in [0.15, 0.2) is 30.3 Å². The van der Waals surface area contributed by atoms with Crippen LogP contribution in [-0.2, 0) is 23.1 Å². The maximum Gasteiger partial charge on any atom is 0.348 e. The number of hydrogen-bond donors (Lipinski definition) is 0. The van der Waals surface area contributed by atoms with E-state index in [9.17, 15) is 9.36 Å². The van der Waals surface area contributed by atoms with Crippen LogP contribution in [0.25, 0.3) is 0 Å². The molecular formula is C19H31O5P. The number of ether oxygens (including phenoxy) is 1. The van der Waals surface area contributed by atoms with E-state index >= 15 is 0 Å². The zero-order valence-corrected chi connectivity index (χ0v) is 17.0. The van der Waals surface area contributed by atoms with E-state index in [1.54, 1.807) is 27.7 Å². The van der Waals surface area contributed by atoms with Gasteiger partial charge in [0.2, 0.25) is 0 Å². The van der Waals surface area contributed by atoms with Crippen LogP contribution in [0, 0.1) is 0 Å². The summed E-state index contributed by atoms with van der Waals surface area (Å²) in [5.74, 6) is -0.930. The maximum atomic E-state index is 13.8. The number of esters is 1. The number of rotatable bonds is 10. The average molecular weight is 370 g/mol. The van der Waals surface area contributed by atoms with E-state index in [2.05, 4.69) is 0 Å². The van der Waals surface area contributed by atoms with Crippen molar-refractivity contribution in [2.75, 3.05) is 13.2 Å². The lowest BCUT2D eigenvalue weighted by Gasteiger charge is -2.40. The molecule has 0 aromatic heterocycles. The van der Waals surface area contributed by atoms with Gasteiger partial charge in [-0.15, -0.1) is 0 Å². The van der Waals surface area contributed by atoms with Crippen LogP contribution in [0.4, 0.5) is 0 Å². The van der Waals surface area contributed by atoms with Gasteiger partial charge in [0.1, 0.15) is 0 Å². The SMILES string of the molecule is CCOP(=O)(OCC)[C@](CC)(C(=O)OC(C)C)[C@H](C)c1ccccc1. The number of carbonyl (C=O) groups excluding carboxylic acids is 1. The lowest BCUT2D eigenvalue weighted by atomic mass is 9.84. The molecule has 0 bridgehead atoms. The Balaban J connectivity index is 3.57. The highest BCUT2D eigenvalue weighted by atomic mass is 31.2. The van der Waals surface area contributed by atoms with Gasteiger partial charge < -0.3 is 13.8 Å². The van der Waals surface area contributed by atoms with Crippen molar-refractivity contribution < 1.29 is 23.1 Å². The lowest BCUT2D eigenvalue weighted by Crippen LogP contribution is -2.46. The van der Waals surface area contributed by atoms with Gasteiger partial charge in [0.15, 0.2) is 5.16 Å². The van der Waals surface area contributed by atoms with Crippen LogP contribution in [0.2, 0.25) is 0 Å². The van der Waals surface area contributed by atoms with Crippen LogP contribution < -0.4 is 0 Å². The van der Waals surface area contributed by atoms with Gasteiger partial charge in [0, 0.05) is 5.92 Å². The normalized spacial score (nSPS) is 15.6. The molecule has 0 fully saturated rings. The minimum Gasteiger partial charge on any atom is -0.462 e. The quantitative estimate of drug-likeness (QED) is 0.421. The summed E-state index contributed by atoms with van der Waals surface area (Å²) in [7, 11) is -3.77. The highest BCUT2D eigenvalue weighted by molar-refractivity contribution is 7.56. The molecule has 0 aliphatic heterocycles. The monoisotopic (exact) mass is 370 g/mol. The van der Waals surface area contributed by atoms with Gasteiger partial charge in [-0.1, -0.05) is 44.2 Å². The Morgan fingerprint density at radius 1 is 1.04 bits per heavy atom. The molecule has 0 N–H and O–H groups in total. The molecule has 0 aliphatic carbocycles. The van der Waals surface area contributed by atoms with Gasteiger partial charge in [0.05, 0.1) is 19.3 Å². The Morgan fingerprint density at radius 2 is 1.56 bits per heavy atom. The molecular weight excluding hydrogens is 339 g/mol. The number of benzene rings is 1. The molecule has 2 atom stereocenters. The molecule has 6 heteroatoms. The molecule has 0 radical (unpaired) electrons. The van der Waals surface area contributed by atoms with Crippen molar-refractivity contribution in [3.05, 3.63) is 35.9 Å². The highest BCUT2D eigenvalue weighted by Gasteiger charge is 2.60. The molecule has 0 spiro atoms. The molecule has 0 saturated carbocycles. The molecule has 1 aromatic rings. The van der Waals surface area contributed by atoms with Crippen LogP contribution in [0.5, 0.6) is 0 Å². The Labute approximate surface area is 151 Å². The van der Waals surface area contributed by atoms with E-state index in [0.29, 0.717) is 0 Å². The van der Waals surface area contributed by atoms with Gasteiger partial charge in [-0.05, 0) is 39.7 Å². The Bertz CT molecular complexity index is 577. The van der Waals surface area contributed by atoms with E-state index in [1.165, 1.54) is 0 Å². The minimum absolute atomic E-state index is 0.190. The van der Waals surface area contributed by atoms with E-state index in [0.717, 1.165) is 5.56 Å². The van der Waals surface area contributed by atoms with E-state index in [-0.39, 0.29) is 25.7 Å². The third-order valence-corrected chi connectivity index (χ3v) is 7.40. The summed E-state index contributed by atoms with van der Waals surface area (Å²) < 4.78 is 30.5. The summed E-state index contributed by atoms with van der Waals surface area (Å²) in [6, 6.07) is 9.53. The Morgan fingerprint density at radius 3 is 1.96 bits per heavy atom. The largest absolute Gasteiger partial charge is 0.462 e. The molecule has 142 valence electrons. The standard InChI is InChI=1S/C19H31O5P/c1-7-19(18(20)24-15(4)5,25(21,22-8-2)23-9-3)16(6)17-13-11-10-12-14-17/h10-16H,7-9H2,1-6H3/t16-,19+/m1/s1. The summed E-state index contributed by atoms with van der Waals surface area (Å²) >= 11 is 0. The van der Waals surface area contributed by atoms with Gasteiger partial charge >= 0.3 is 13.6 Å². The summed E-state index contributed by atoms with van der Waals surface area (Å²) in [6.45, 7) is 11.1. The highest BCUT2D eigenvalue weighted by Crippen LogP contribution is 2.66. The van der Waals surface area contributed by atoms with Crippen molar-refractivity contribution >= 4 is 13.6 Å². The summed E-state index contributed by atoms with van der Waals surface area (Å²) in [4.78, 5) is 13.2. The minimum atomic E-state index is -3.77. The number of hydrogen-bond acceptors (Lipinski definition) is 5. The van der Waals surface area contributed by atoms with Gasteiger partial charge in [-0.25, -0.2) is 0 Å². The van der Waals surface area contributed by atoms with Crippen LogP contribution in [0.3, 0.4) is 0 Å². The molecule has 1 aromatic carbocycles. The van der Waals surface area contributed by atoms with Crippen LogP contribution in [0.1, 0.15) is 59.4 Å². The molecule has 0 amide bonds. The van der Waals surface area contributed by atoms with Crippen molar-refractivity contribution in [1.82, 2.24) is 0 Å². The first kappa shape index (κ1) is 21.9. The zero-order chi connectivity index (χ0) is 19.1. The molecule has 0 aliphatic rings. The van der Waals surface area contributed by atoms with Gasteiger partial charge in [-0.3, -0.25) is 9.36 Å². The Hall–Kier alpha value is -1.16. The summed E-state index contributed by atoms with van der Waals surface area (Å²) in [5.41, 5.74) is 0.893. The predicted molar refractivity (Wildman–Crippen MR) is 100.0 cm³/mol. The van der Waals surface area contributed by atoms with Gasteiger partial charge in [0.25, 0.3) is 0 Å². The fraction of sp³-hybridized carbons (Fsp3) is 0.632. The molecule has 5 nitrogen and oxygen atoms in total. The molecule has 25 heavy (non-hydrogen) atoms. The molecule has 0 saturated heterocycles. The fourth-order valence-corrected chi connectivity index (χ4v) is 5.61. The molecule has 0 heterocycles. The Kier molecular flexibility index (Phi) is 8.33. The van der Waals surface area contributed by atoms with E-state index in [1.807, 2.05) is 44.2 Å². The number of carbonyl (C=O) groups is 1. The first-order valence-corrected chi connectivity index (χ1v) is 10.5. The lowest BCUT2D eigenvalue weighted by molar-refractivity contribution is -0.152. The van der Waals surface area contributed by atoms with Crippen molar-refractivity contribution in [3.63, 3.8) is 0 Å². The summed E-state index contributed by atoms with van der Waals surface area (Å²) in [6.07, 6.45) is -0.0376. The topological polar surface area (TPSA) is 61.8 Å². The predicted octanol–water partition coefficient (Wildman–Crippen LogP) is 5.16. The maximum absolute atomic E-state index is 13.8. The second-order valence-corrected chi connectivity index (χ2v) is 8.51. The van der Waals surface area contributed by atoms with Crippen molar-refractivity contribution in [1.29, 1.82) is 0 Å². The van der Waals surface area contributed by atoms with E-state index in [4.69, 9.17) is 13.8 Å². The fourth-order valence-electron chi connectivity index (χ4n) is 3.11. The zero-order valence-electron chi connectivity index (χ0n) is 16.2. The van der Waals surface area contributed by atoms with Crippen LogP contribution in [-0.4, -0.2) is 30.4 Å². The first-order valence-electron chi connectivity index (χ1n) is 8.94. The van der Waals surface area contributed by atoms with Crippen molar-refractivity contribution in [3.8, 4) is 0 Å². The first-order chi connectivity index (χ1) is 11.8. The third kappa shape index (κ3) is 4.52. The van der Waals surface area contributed by atoms with Gasteiger partial charge in [-0.2, -0.15) is 0 Å². The van der Waals surface area contributed by atoms with Crippen molar-refractivity contribution in [2.45, 2.75) is 65.1 Å². The van der Waals surface area contributed by atoms with Crippen LogP contribution >= 0.6 is 7.60 Å².